The van der Waals surface area contributed by atoms with Crippen LogP contribution in [0.25, 0.3) is 11.1 Å². The van der Waals surface area contributed by atoms with E-state index in [-0.39, 0.29) is 24.9 Å². The van der Waals surface area contributed by atoms with Gasteiger partial charge in [0.2, 0.25) is 0 Å². The molecule has 1 saturated heterocycles. The first-order valence-electron chi connectivity index (χ1n) is 10.4. The van der Waals surface area contributed by atoms with Crippen LogP contribution in [-0.4, -0.2) is 49.9 Å². The summed E-state index contributed by atoms with van der Waals surface area (Å²) in [5, 5.41) is 4.14. The molecule has 0 saturated carbocycles. The molecule has 1 N–H and O–H groups in total. The lowest BCUT2D eigenvalue weighted by molar-refractivity contribution is -0.119. The number of anilines is 1. The quantitative estimate of drug-likeness (QED) is 0.829. The van der Waals surface area contributed by atoms with Gasteiger partial charge in [0.25, 0.3) is 5.91 Å². The second-order valence-electron chi connectivity index (χ2n) is 8.46. The van der Waals surface area contributed by atoms with E-state index in [9.17, 15) is 9.18 Å². The molecule has 1 amide bonds. The number of piperidine rings is 1. The number of hydrogen-bond acceptors (Lipinski definition) is 5. The van der Waals surface area contributed by atoms with Crippen molar-refractivity contribution < 1.29 is 13.9 Å². The van der Waals surface area contributed by atoms with Crippen LogP contribution in [0.4, 0.5) is 10.1 Å². The maximum atomic E-state index is 14.8. The van der Waals surface area contributed by atoms with Crippen LogP contribution < -0.4 is 15.1 Å². The second-order valence-corrected chi connectivity index (χ2v) is 8.46. The molecule has 30 heavy (non-hydrogen) atoms. The van der Waals surface area contributed by atoms with E-state index in [1.165, 1.54) is 6.07 Å². The van der Waals surface area contributed by atoms with E-state index in [0.29, 0.717) is 29.0 Å². The molecule has 2 unspecified atom stereocenters. The third-order valence-corrected chi connectivity index (χ3v) is 6.37. The number of nitrogens with zero attached hydrogens (tertiary/aromatic N) is 3. The first kappa shape index (κ1) is 19.1. The molecule has 3 aliphatic rings. The SMILES string of the molecule is CC1CN(C)CCC1c1cc2c(cc1-c1ccccc1F)OCC1=NNC(=O)CN12. The Labute approximate surface area is 175 Å². The molecular weight excluding hydrogens is 383 g/mol. The Hall–Kier alpha value is -2.93. The highest BCUT2D eigenvalue weighted by Gasteiger charge is 2.34. The summed E-state index contributed by atoms with van der Waals surface area (Å²) < 4.78 is 20.8. The van der Waals surface area contributed by atoms with E-state index in [1.807, 2.05) is 23.1 Å². The van der Waals surface area contributed by atoms with Crippen LogP contribution in [-0.2, 0) is 4.79 Å². The van der Waals surface area contributed by atoms with Crippen molar-refractivity contribution in [3.05, 3.63) is 47.8 Å². The lowest BCUT2D eigenvalue weighted by Crippen LogP contribution is -2.49. The fourth-order valence-electron chi connectivity index (χ4n) is 4.88. The van der Waals surface area contributed by atoms with Gasteiger partial charge in [0.15, 0.2) is 5.84 Å². The largest absolute Gasteiger partial charge is 0.483 e. The third-order valence-electron chi connectivity index (χ3n) is 6.37. The number of halogens is 1. The Balaban J connectivity index is 1.68. The molecule has 7 heteroatoms. The Morgan fingerprint density at radius 3 is 2.87 bits per heavy atom. The highest BCUT2D eigenvalue weighted by Crippen LogP contribution is 2.45. The predicted molar refractivity (Wildman–Crippen MR) is 114 cm³/mol. The summed E-state index contributed by atoms with van der Waals surface area (Å²) in [6.07, 6.45) is 1.00. The van der Waals surface area contributed by atoms with Crippen molar-refractivity contribution in [2.45, 2.75) is 19.3 Å². The number of rotatable bonds is 2. The van der Waals surface area contributed by atoms with Crippen molar-refractivity contribution in [2.24, 2.45) is 11.0 Å². The van der Waals surface area contributed by atoms with Gasteiger partial charge in [0, 0.05) is 12.1 Å². The Morgan fingerprint density at radius 2 is 2.07 bits per heavy atom. The van der Waals surface area contributed by atoms with Gasteiger partial charge in [-0.2, -0.15) is 5.10 Å². The second kappa shape index (κ2) is 7.40. The monoisotopic (exact) mass is 408 g/mol. The lowest BCUT2D eigenvalue weighted by atomic mass is 9.78. The highest BCUT2D eigenvalue weighted by molar-refractivity contribution is 6.08. The van der Waals surface area contributed by atoms with Crippen molar-refractivity contribution in [3.8, 4) is 16.9 Å². The van der Waals surface area contributed by atoms with Crippen LogP contribution in [0, 0.1) is 11.7 Å². The molecule has 156 valence electrons. The summed E-state index contributed by atoms with van der Waals surface area (Å²) in [6.45, 7) is 4.72. The van der Waals surface area contributed by atoms with Crippen LogP contribution in [0.3, 0.4) is 0 Å². The molecule has 0 bridgehead atoms. The van der Waals surface area contributed by atoms with Gasteiger partial charge >= 0.3 is 0 Å². The summed E-state index contributed by atoms with van der Waals surface area (Å²) in [4.78, 5) is 16.2. The number of fused-ring (bicyclic) bond motifs is 3. The van der Waals surface area contributed by atoms with Gasteiger partial charge in [-0.25, -0.2) is 9.82 Å². The van der Waals surface area contributed by atoms with Gasteiger partial charge in [-0.15, -0.1) is 0 Å². The van der Waals surface area contributed by atoms with Gasteiger partial charge in [-0.3, -0.25) is 4.79 Å². The number of likely N-dealkylation sites (tertiary alicyclic amines) is 1. The van der Waals surface area contributed by atoms with Crippen LogP contribution in [0.2, 0.25) is 0 Å². The van der Waals surface area contributed by atoms with Gasteiger partial charge in [-0.1, -0.05) is 25.1 Å². The standard InChI is InChI=1S/C23H25FN4O2/c1-14-11-27(2)8-7-15(14)17-9-20-21(10-18(17)16-5-3-4-6-19(16)24)30-13-22-25-26-23(29)12-28(20)22/h3-6,9-10,14-15H,7-8,11-13H2,1-2H3,(H,26,29). The van der Waals surface area contributed by atoms with Crippen molar-refractivity contribution in [1.82, 2.24) is 10.3 Å². The minimum absolute atomic E-state index is 0.154. The molecule has 0 aliphatic carbocycles. The van der Waals surface area contributed by atoms with E-state index in [0.717, 1.165) is 36.3 Å². The number of hydrogen-bond donors (Lipinski definition) is 1. The van der Waals surface area contributed by atoms with E-state index in [1.54, 1.807) is 6.07 Å². The average molecular weight is 408 g/mol. The lowest BCUT2D eigenvalue weighted by Gasteiger charge is -2.38. The number of carbonyl (C=O) groups excluding carboxylic acids is 1. The number of carbonyl (C=O) groups is 1. The van der Waals surface area contributed by atoms with Crippen LogP contribution in [0.1, 0.15) is 24.8 Å². The van der Waals surface area contributed by atoms with Crippen molar-refractivity contribution in [2.75, 3.05) is 38.2 Å². The number of ether oxygens (including phenoxy) is 1. The molecule has 6 nitrogen and oxygen atoms in total. The summed E-state index contributed by atoms with van der Waals surface area (Å²) in [5.41, 5.74) is 5.91. The first-order chi connectivity index (χ1) is 14.5. The highest BCUT2D eigenvalue weighted by atomic mass is 19.1. The molecule has 0 aromatic heterocycles. The van der Waals surface area contributed by atoms with Crippen LogP contribution in [0.15, 0.2) is 41.5 Å². The van der Waals surface area contributed by atoms with E-state index < -0.39 is 0 Å². The Bertz CT molecular complexity index is 1040. The smallest absolute Gasteiger partial charge is 0.260 e. The van der Waals surface area contributed by atoms with Gasteiger partial charge in [0.05, 0.1) is 5.69 Å². The Morgan fingerprint density at radius 1 is 1.23 bits per heavy atom. The van der Waals surface area contributed by atoms with Gasteiger partial charge in [0.1, 0.15) is 24.7 Å². The average Bonchev–Trinajstić information content (AvgIpc) is 2.73. The van der Waals surface area contributed by atoms with E-state index in [4.69, 9.17) is 4.74 Å². The minimum atomic E-state index is -0.241. The molecule has 5 rings (SSSR count). The molecule has 3 aliphatic heterocycles. The summed E-state index contributed by atoms with van der Waals surface area (Å²) in [7, 11) is 2.14. The molecule has 3 heterocycles. The zero-order chi connectivity index (χ0) is 20.8. The van der Waals surface area contributed by atoms with Crippen LogP contribution >= 0.6 is 0 Å². The zero-order valence-electron chi connectivity index (χ0n) is 17.2. The van der Waals surface area contributed by atoms with E-state index >= 15 is 0 Å². The normalized spacial score (nSPS) is 23.8. The minimum Gasteiger partial charge on any atom is -0.483 e. The van der Waals surface area contributed by atoms with Gasteiger partial charge in [-0.05, 0) is 61.2 Å². The molecule has 0 spiro atoms. The predicted octanol–water partition coefficient (Wildman–Crippen LogP) is 3.19. The van der Waals surface area contributed by atoms with Gasteiger partial charge < -0.3 is 14.5 Å². The maximum absolute atomic E-state index is 14.8. The van der Waals surface area contributed by atoms with Crippen LogP contribution in [0.5, 0.6) is 5.75 Å². The molecule has 2 aromatic rings. The van der Waals surface area contributed by atoms with Crippen molar-refractivity contribution in [1.29, 1.82) is 0 Å². The molecule has 2 atom stereocenters. The zero-order valence-corrected chi connectivity index (χ0v) is 17.2. The summed E-state index contributed by atoms with van der Waals surface area (Å²) >= 11 is 0. The topological polar surface area (TPSA) is 57.2 Å². The number of benzene rings is 2. The number of hydrazone groups is 1. The third kappa shape index (κ3) is 3.23. The number of amidine groups is 1. The maximum Gasteiger partial charge on any atom is 0.260 e. The van der Waals surface area contributed by atoms with E-state index in [2.05, 4.69) is 35.5 Å². The van der Waals surface area contributed by atoms with Crippen molar-refractivity contribution in [3.63, 3.8) is 0 Å². The molecular formula is C23H25FN4O2. The number of nitrogens with one attached hydrogen (secondary N) is 1. The Kier molecular flexibility index (Phi) is 4.70. The molecule has 1 fully saturated rings. The van der Waals surface area contributed by atoms with Crippen molar-refractivity contribution >= 4 is 17.4 Å². The molecule has 2 aromatic carbocycles. The number of amides is 1. The summed E-state index contributed by atoms with van der Waals surface area (Å²) in [6, 6.07) is 10.9. The fourth-order valence-corrected chi connectivity index (χ4v) is 4.88. The molecule has 0 radical (unpaired) electrons. The summed E-state index contributed by atoms with van der Waals surface area (Å²) in [5.74, 6) is 1.67. The first-order valence-corrected chi connectivity index (χ1v) is 10.4. The fraction of sp³-hybridized carbons (Fsp3) is 0.391.